The van der Waals surface area contributed by atoms with Gasteiger partial charge in [-0.3, -0.25) is 4.79 Å². The minimum Gasteiger partial charge on any atom is -0.459 e. The summed E-state index contributed by atoms with van der Waals surface area (Å²) in [4.78, 5) is 12.8. The van der Waals surface area contributed by atoms with Gasteiger partial charge in [0.05, 0.1) is 10.6 Å². The second-order valence-corrected chi connectivity index (χ2v) is 6.39. The maximum Gasteiger partial charge on any atom is 0.253 e. The molecule has 4 heteroatoms. The van der Waals surface area contributed by atoms with Crippen LogP contribution in [0.3, 0.4) is 0 Å². The normalized spacial score (nSPS) is 12.0. The van der Waals surface area contributed by atoms with E-state index in [9.17, 15) is 4.79 Å². The number of fused-ring (bicyclic) bond motifs is 1. The lowest BCUT2D eigenvalue weighted by atomic mass is 10.0. The van der Waals surface area contributed by atoms with Crippen molar-refractivity contribution in [1.29, 1.82) is 0 Å². The van der Waals surface area contributed by atoms with Crippen LogP contribution in [0.15, 0.2) is 89.3 Å². The highest BCUT2D eigenvalue weighted by Gasteiger charge is 2.22. The molecule has 0 radical (unpaired) electrons. The molecule has 0 saturated carbocycles. The summed E-state index contributed by atoms with van der Waals surface area (Å²) >= 11 is 6.17. The fourth-order valence-electron chi connectivity index (χ4n) is 2.96. The van der Waals surface area contributed by atoms with Crippen LogP contribution in [0, 0.1) is 0 Å². The number of para-hydroxylation sites is 1. The van der Waals surface area contributed by atoms with Gasteiger partial charge in [-0.05, 0) is 29.8 Å². The molecule has 1 heterocycles. The molecule has 0 aliphatic carbocycles. The highest BCUT2D eigenvalue weighted by molar-refractivity contribution is 6.33. The predicted octanol–water partition coefficient (Wildman–Crippen LogP) is 5.61. The number of hydrogen-bond donors (Lipinski definition) is 1. The SMILES string of the molecule is O=C(N[C@H](c1ccccc1)c1cc2ccccc2o1)c1ccccc1Cl. The third-order valence-corrected chi connectivity index (χ3v) is 4.59. The van der Waals surface area contributed by atoms with Crippen LogP contribution in [0.4, 0.5) is 0 Å². The molecule has 26 heavy (non-hydrogen) atoms. The first-order chi connectivity index (χ1) is 12.7. The summed E-state index contributed by atoms with van der Waals surface area (Å²) < 4.78 is 6.00. The zero-order valence-corrected chi connectivity index (χ0v) is 14.6. The van der Waals surface area contributed by atoms with Crippen LogP contribution >= 0.6 is 11.6 Å². The van der Waals surface area contributed by atoms with E-state index in [4.69, 9.17) is 16.0 Å². The number of rotatable bonds is 4. The molecule has 1 amide bonds. The van der Waals surface area contributed by atoms with Crippen LogP contribution in [0.2, 0.25) is 5.02 Å². The molecule has 0 aliphatic heterocycles. The molecule has 0 bridgehead atoms. The lowest BCUT2D eigenvalue weighted by molar-refractivity contribution is 0.0939. The van der Waals surface area contributed by atoms with Crippen molar-refractivity contribution in [2.75, 3.05) is 0 Å². The van der Waals surface area contributed by atoms with Gasteiger partial charge in [0, 0.05) is 5.39 Å². The van der Waals surface area contributed by atoms with Crippen LogP contribution in [-0.2, 0) is 0 Å². The molecule has 4 rings (SSSR count). The van der Waals surface area contributed by atoms with Crippen molar-refractivity contribution in [3.8, 4) is 0 Å². The average molecular weight is 362 g/mol. The van der Waals surface area contributed by atoms with E-state index in [-0.39, 0.29) is 5.91 Å². The number of furan rings is 1. The zero-order valence-electron chi connectivity index (χ0n) is 13.9. The molecule has 0 saturated heterocycles. The smallest absolute Gasteiger partial charge is 0.253 e. The first-order valence-corrected chi connectivity index (χ1v) is 8.69. The molecule has 3 nitrogen and oxygen atoms in total. The van der Waals surface area contributed by atoms with Crippen molar-refractivity contribution < 1.29 is 9.21 Å². The summed E-state index contributed by atoms with van der Waals surface area (Å²) in [5.74, 6) is 0.433. The molecule has 0 spiro atoms. The van der Waals surface area contributed by atoms with E-state index in [0.29, 0.717) is 16.3 Å². The Morgan fingerprint density at radius 1 is 0.885 bits per heavy atom. The van der Waals surface area contributed by atoms with E-state index in [2.05, 4.69) is 5.32 Å². The van der Waals surface area contributed by atoms with Gasteiger partial charge < -0.3 is 9.73 Å². The Hall–Kier alpha value is -3.04. The summed E-state index contributed by atoms with van der Waals surface area (Å²) in [5.41, 5.74) is 2.16. The van der Waals surface area contributed by atoms with Crippen molar-refractivity contribution in [1.82, 2.24) is 5.32 Å². The van der Waals surface area contributed by atoms with Crippen molar-refractivity contribution in [3.05, 3.63) is 107 Å². The number of halogens is 1. The highest BCUT2D eigenvalue weighted by atomic mass is 35.5. The topological polar surface area (TPSA) is 42.2 Å². The lowest BCUT2D eigenvalue weighted by Crippen LogP contribution is -2.29. The Balaban J connectivity index is 1.74. The predicted molar refractivity (Wildman–Crippen MR) is 103 cm³/mol. The van der Waals surface area contributed by atoms with Gasteiger partial charge in [0.1, 0.15) is 17.4 Å². The molecular weight excluding hydrogens is 346 g/mol. The van der Waals surface area contributed by atoms with Crippen molar-refractivity contribution in [2.45, 2.75) is 6.04 Å². The van der Waals surface area contributed by atoms with Crippen LogP contribution in [0.25, 0.3) is 11.0 Å². The largest absolute Gasteiger partial charge is 0.459 e. The summed E-state index contributed by atoms with van der Waals surface area (Å²) in [5, 5.41) is 4.46. The first kappa shape index (κ1) is 16.4. The van der Waals surface area contributed by atoms with E-state index in [0.717, 1.165) is 16.5 Å². The standard InChI is InChI=1S/C22H16ClNO2/c23-18-12-6-5-11-17(18)22(25)24-21(15-8-2-1-3-9-15)20-14-16-10-4-7-13-19(16)26-20/h1-14,21H,(H,24,25)/t21-/m1/s1. The highest BCUT2D eigenvalue weighted by Crippen LogP contribution is 2.29. The quantitative estimate of drug-likeness (QED) is 0.513. The lowest BCUT2D eigenvalue weighted by Gasteiger charge is -2.17. The van der Waals surface area contributed by atoms with Crippen LogP contribution in [-0.4, -0.2) is 5.91 Å². The maximum absolute atomic E-state index is 12.8. The van der Waals surface area contributed by atoms with Crippen LogP contribution < -0.4 is 5.32 Å². The Labute approximate surface area is 156 Å². The van der Waals surface area contributed by atoms with Gasteiger partial charge in [-0.2, -0.15) is 0 Å². The van der Waals surface area contributed by atoms with Crippen molar-refractivity contribution >= 4 is 28.5 Å². The Morgan fingerprint density at radius 3 is 2.35 bits per heavy atom. The molecule has 128 valence electrons. The second-order valence-electron chi connectivity index (χ2n) is 5.98. The minimum absolute atomic E-state index is 0.245. The number of nitrogens with one attached hydrogen (secondary N) is 1. The summed E-state index contributed by atoms with van der Waals surface area (Å²) in [6.45, 7) is 0. The molecule has 0 aliphatic rings. The number of amides is 1. The van der Waals surface area contributed by atoms with Crippen LogP contribution in [0.5, 0.6) is 0 Å². The van der Waals surface area contributed by atoms with E-state index in [1.54, 1.807) is 24.3 Å². The van der Waals surface area contributed by atoms with E-state index < -0.39 is 6.04 Å². The molecule has 0 unspecified atom stereocenters. The Morgan fingerprint density at radius 2 is 1.58 bits per heavy atom. The molecule has 4 aromatic rings. The molecule has 1 N–H and O–H groups in total. The second kappa shape index (κ2) is 7.06. The number of carbonyl (C=O) groups excluding carboxylic acids is 1. The first-order valence-electron chi connectivity index (χ1n) is 8.31. The van der Waals surface area contributed by atoms with E-state index >= 15 is 0 Å². The summed E-state index contributed by atoms with van der Waals surface area (Å²) in [7, 11) is 0. The van der Waals surface area contributed by atoms with Crippen LogP contribution in [0.1, 0.15) is 27.7 Å². The van der Waals surface area contributed by atoms with Crippen molar-refractivity contribution in [2.24, 2.45) is 0 Å². The number of carbonyl (C=O) groups is 1. The summed E-state index contributed by atoms with van der Waals surface area (Å²) in [6, 6.07) is 26.1. The number of benzene rings is 3. The number of hydrogen-bond acceptors (Lipinski definition) is 2. The third kappa shape index (κ3) is 3.22. The molecular formula is C22H16ClNO2. The monoisotopic (exact) mass is 361 g/mol. The molecule has 0 fully saturated rings. The van der Waals surface area contributed by atoms with Gasteiger partial charge in [0.25, 0.3) is 5.91 Å². The van der Waals surface area contributed by atoms with Gasteiger partial charge in [0.15, 0.2) is 0 Å². The molecule has 1 atom stereocenters. The van der Waals surface area contributed by atoms with Gasteiger partial charge >= 0.3 is 0 Å². The zero-order chi connectivity index (χ0) is 17.9. The fraction of sp³-hybridized carbons (Fsp3) is 0.0455. The fourth-order valence-corrected chi connectivity index (χ4v) is 3.18. The Bertz CT molecular complexity index is 1020. The minimum atomic E-state index is -0.410. The average Bonchev–Trinajstić information content (AvgIpc) is 3.11. The van der Waals surface area contributed by atoms with E-state index in [1.165, 1.54) is 0 Å². The third-order valence-electron chi connectivity index (χ3n) is 4.26. The summed E-state index contributed by atoms with van der Waals surface area (Å²) in [6.07, 6.45) is 0. The van der Waals surface area contributed by atoms with Gasteiger partial charge in [-0.25, -0.2) is 0 Å². The molecule has 3 aromatic carbocycles. The maximum atomic E-state index is 12.8. The van der Waals surface area contributed by atoms with Gasteiger partial charge in [-0.1, -0.05) is 72.3 Å². The van der Waals surface area contributed by atoms with Gasteiger partial charge in [-0.15, -0.1) is 0 Å². The molecule has 1 aromatic heterocycles. The Kier molecular flexibility index (Phi) is 4.46. The van der Waals surface area contributed by atoms with Gasteiger partial charge in [0.2, 0.25) is 0 Å². The van der Waals surface area contributed by atoms with Crippen molar-refractivity contribution in [3.63, 3.8) is 0 Å². The van der Waals surface area contributed by atoms with E-state index in [1.807, 2.05) is 60.7 Å².